The van der Waals surface area contributed by atoms with Gasteiger partial charge in [0.25, 0.3) is 10.1 Å². The van der Waals surface area contributed by atoms with Crippen LogP contribution in [0.1, 0.15) is 56.3 Å². The Balaban J connectivity index is 0.000000171. The summed E-state index contributed by atoms with van der Waals surface area (Å²) < 4.78 is 27.3. The van der Waals surface area contributed by atoms with Crippen LogP contribution in [0.3, 0.4) is 0 Å². The zero-order valence-electron chi connectivity index (χ0n) is 36.6. The lowest BCUT2D eigenvalue weighted by Crippen LogP contribution is -2.15. The molecule has 10 nitrogen and oxygen atoms in total. The van der Waals surface area contributed by atoms with Gasteiger partial charge >= 0.3 is 0 Å². The van der Waals surface area contributed by atoms with E-state index < -0.39 is 10.1 Å². The molecule has 0 saturated carbocycles. The van der Waals surface area contributed by atoms with Gasteiger partial charge in [-0.1, -0.05) is 131 Å². The zero-order valence-corrected chi connectivity index (χ0v) is 40.5. The van der Waals surface area contributed by atoms with Crippen LogP contribution in [0.2, 0.25) is 20.1 Å². The first-order valence-electron chi connectivity index (χ1n) is 21.9. The van der Waals surface area contributed by atoms with Crippen LogP contribution in [0.15, 0.2) is 146 Å². The molecule has 8 aromatic rings. The number of aliphatic hydroxyl groups is 1. The van der Waals surface area contributed by atoms with Gasteiger partial charge < -0.3 is 15.7 Å². The SMILES string of the molecule is CS(=O)(=O)OCCc1cccc(Nc2ncc3c(n2)-c2ccccc2[C@H](c2ccc(Cl)c(Cl)c2)C3)c1.OCCc1cccc(Nc2ncc3c(n2)-c2ccccc2[C@H](c2ccc(Cl)c(Cl)c2)C3)c1. The van der Waals surface area contributed by atoms with Crippen LogP contribution in [0.25, 0.3) is 22.5 Å². The second-order valence-electron chi connectivity index (χ2n) is 16.6. The van der Waals surface area contributed by atoms with Crippen molar-refractivity contribution < 1.29 is 17.7 Å². The average molecular weight is 1000 g/mol. The number of fused-ring (bicyclic) bond motifs is 6. The van der Waals surface area contributed by atoms with Crippen LogP contribution >= 0.6 is 46.4 Å². The van der Waals surface area contributed by atoms with E-state index in [1.807, 2.05) is 116 Å². The molecule has 0 saturated heterocycles. The van der Waals surface area contributed by atoms with Crippen molar-refractivity contribution in [1.29, 1.82) is 0 Å². The summed E-state index contributed by atoms with van der Waals surface area (Å²) >= 11 is 24.9. The van der Waals surface area contributed by atoms with E-state index in [1.165, 1.54) is 11.1 Å². The van der Waals surface area contributed by atoms with Gasteiger partial charge in [0.1, 0.15) is 0 Å². The van der Waals surface area contributed by atoms with Gasteiger partial charge in [0.05, 0.1) is 44.3 Å². The van der Waals surface area contributed by atoms with Crippen LogP contribution in [0.4, 0.5) is 23.3 Å². The highest BCUT2D eigenvalue weighted by Gasteiger charge is 2.29. The highest BCUT2D eigenvalue weighted by Crippen LogP contribution is 2.45. The summed E-state index contributed by atoms with van der Waals surface area (Å²) in [7, 11) is -3.46. The lowest BCUT2D eigenvalue weighted by atomic mass is 9.78. The number of anilines is 4. The summed E-state index contributed by atoms with van der Waals surface area (Å²) in [4.78, 5) is 18.9. The Bertz CT molecular complexity index is 3270. The minimum Gasteiger partial charge on any atom is -0.396 e. The van der Waals surface area contributed by atoms with Gasteiger partial charge in [-0.3, -0.25) is 4.18 Å². The molecule has 15 heteroatoms. The normalized spacial score (nSPS) is 14.6. The monoisotopic (exact) mass is 1000 g/mol. The first-order chi connectivity index (χ1) is 32.9. The molecule has 0 aliphatic heterocycles. The molecule has 344 valence electrons. The Hall–Kier alpha value is -5.89. The molecule has 0 spiro atoms. The van der Waals surface area contributed by atoms with Crippen molar-refractivity contribution in [2.45, 2.75) is 37.5 Å². The number of nitrogens with one attached hydrogen (secondary N) is 2. The van der Waals surface area contributed by atoms with E-state index in [4.69, 9.17) is 60.6 Å². The van der Waals surface area contributed by atoms with Crippen molar-refractivity contribution >= 4 is 79.8 Å². The lowest BCUT2D eigenvalue weighted by Gasteiger charge is -2.27. The number of hydrogen-bond donors (Lipinski definition) is 3. The second-order valence-corrected chi connectivity index (χ2v) is 19.8. The zero-order chi connectivity index (χ0) is 47.4. The Morgan fingerprint density at radius 2 is 1.06 bits per heavy atom. The Morgan fingerprint density at radius 3 is 1.51 bits per heavy atom. The maximum atomic E-state index is 11.2. The summed E-state index contributed by atoms with van der Waals surface area (Å²) in [6, 6.07) is 43.8. The smallest absolute Gasteiger partial charge is 0.264 e. The van der Waals surface area contributed by atoms with Crippen LogP contribution in [-0.2, 0) is 40.0 Å². The van der Waals surface area contributed by atoms with Crippen molar-refractivity contribution in [3.05, 3.63) is 210 Å². The van der Waals surface area contributed by atoms with E-state index in [-0.39, 0.29) is 25.0 Å². The quantitative estimate of drug-likeness (QED) is 0.101. The minimum atomic E-state index is -3.46. The second kappa shape index (κ2) is 20.8. The third-order valence-corrected chi connectivity index (χ3v) is 14.0. The fourth-order valence-corrected chi connectivity index (χ4v) is 9.75. The van der Waals surface area contributed by atoms with Crippen LogP contribution in [-0.4, -0.2) is 52.9 Å². The molecule has 0 unspecified atom stereocenters. The summed E-state index contributed by atoms with van der Waals surface area (Å²) in [5.41, 5.74) is 14.5. The summed E-state index contributed by atoms with van der Waals surface area (Å²) in [6.07, 6.45) is 7.44. The van der Waals surface area contributed by atoms with Gasteiger partial charge in [0, 0.05) is 53.3 Å². The molecule has 0 amide bonds. The Labute approximate surface area is 415 Å². The van der Waals surface area contributed by atoms with E-state index in [0.29, 0.717) is 44.8 Å². The molecule has 6 aromatic carbocycles. The Kier molecular flexibility index (Phi) is 14.4. The molecular formula is C53H44Cl4N6O4S. The van der Waals surface area contributed by atoms with Crippen molar-refractivity contribution in [1.82, 2.24) is 19.9 Å². The number of benzene rings is 6. The molecule has 2 aromatic heterocycles. The van der Waals surface area contributed by atoms with Crippen molar-refractivity contribution in [2.75, 3.05) is 30.1 Å². The molecule has 2 heterocycles. The van der Waals surface area contributed by atoms with E-state index in [0.717, 1.165) is 86.4 Å². The molecular weight excluding hydrogens is 958 g/mol. The van der Waals surface area contributed by atoms with E-state index in [2.05, 4.69) is 50.9 Å². The predicted octanol–water partition coefficient (Wildman–Crippen LogP) is 12.8. The third kappa shape index (κ3) is 11.0. The van der Waals surface area contributed by atoms with Gasteiger partial charge in [-0.05, 0) is 119 Å². The number of halogens is 4. The van der Waals surface area contributed by atoms with Crippen LogP contribution < -0.4 is 10.6 Å². The number of hydrogen-bond acceptors (Lipinski definition) is 10. The largest absolute Gasteiger partial charge is 0.396 e. The fraction of sp³-hybridized carbons (Fsp3) is 0.170. The molecule has 2 atom stereocenters. The highest BCUT2D eigenvalue weighted by molar-refractivity contribution is 7.85. The number of aliphatic hydroxyl groups excluding tert-OH is 1. The fourth-order valence-electron chi connectivity index (χ4n) is 8.75. The molecule has 0 bridgehead atoms. The number of aromatic nitrogens is 4. The molecule has 10 rings (SSSR count). The van der Waals surface area contributed by atoms with Crippen molar-refractivity contribution in [3.8, 4) is 22.5 Å². The maximum absolute atomic E-state index is 11.2. The van der Waals surface area contributed by atoms with Gasteiger partial charge in [-0.15, -0.1) is 0 Å². The molecule has 3 N–H and O–H groups in total. The predicted molar refractivity (Wildman–Crippen MR) is 274 cm³/mol. The van der Waals surface area contributed by atoms with Crippen LogP contribution in [0.5, 0.6) is 0 Å². The molecule has 2 aliphatic carbocycles. The van der Waals surface area contributed by atoms with Crippen LogP contribution in [0, 0.1) is 0 Å². The highest BCUT2D eigenvalue weighted by atomic mass is 35.5. The maximum Gasteiger partial charge on any atom is 0.264 e. The summed E-state index contributed by atoms with van der Waals surface area (Å²) in [6.45, 7) is 0.212. The number of nitrogens with zero attached hydrogens (tertiary/aromatic N) is 4. The summed E-state index contributed by atoms with van der Waals surface area (Å²) in [5.74, 6) is 1.32. The number of rotatable bonds is 12. The van der Waals surface area contributed by atoms with Gasteiger partial charge in [0.15, 0.2) is 0 Å². The Morgan fingerprint density at radius 1 is 0.588 bits per heavy atom. The van der Waals surface area contributed by atoms with E-state index in [9.17, 15) is 13.5 Å². The van der Waals surface area contributed by atoms with Crippen molar-refractivity contribution in [3.63, 3.8) is 0 Å². The minimum absolute atomic E-state index is 0.0917. The first kappa shape index (κ1) is 47.2. The van der Waals surface area contributed by atoms with Gasteiger partial charge in [0.2, 0.25) is 11.9 Å². The van der Waals surface area contributed by atoms with Crippen molar-refractivity contribution in [2.24, 2.45) is 0 Å². The standard InChI is InChI=1S/C27H23Cl2N3O3S.C26H21Cl2N3O/c1-36(33,34)35-12-11-17-5-4-6-20(13-17)31-27-30-16-19-14-23(18-9-10-24(28)25(29)15-18)21-7-2-3-8-22(21)26(19)32-27;27-23-9-8-17(14-24(23)28)22-13-18-15-29-26(30-19-5-3-4-16(12-19)10-11-32)31-25(18)21-7-2-1-6-20(21)22/h2-10,13,15-16,23H,11-12,14H2,1H3,(H,30,31,32);1-9,12,14-15,22,32H,10-11,13H2,(H,29,30,31)/t23-;22-/m00/s1. The molecule has 0 fully saturated rings. The molecule has 68 heavy (non-hydrogen) atoms. The van der Waals surface area contributed by atoms with E-state index in [1.54, 1.807) is 0 Å². The summed E-state index contributed by atoms with van der Waals surface area (Å²) in [5, 5.41) is 18.0. The van der Waals surface area contributed by atoms with Gasteiger partial charge in [-0.25, -0.2) is 19.9 Å². The topological polar surface area (TPSA) is 139 Å². The molecule has 0 radical (unpaired) electrons. The first-order valence-corrected chi connectivity index (χ1v) is 25.2. The van der Waals surface area contributed by atoms with E-state index >= 15 is 0 Å². The lowest BCUT2D eigenvalue weighted by molar-refractivity contribution is 0.299. The third-order valence-electron chi connectivity index (χ3n) is 11.9. The van der Waals surface area contributed by atoms with Gasteiger partial charge in [-0.2, -0.15) is 8.42 Å². The molecule has 2 aliphatic rings. The average Bonchev–Trinajstić information content (AvgIpc) is 3.33.